The van der Waals surface area contributed by atoms with E-state index in [1.54, 1.807) is 6.20 Å². The highest BCUT2D eigenvalue weighted by Crippen LogP contribution is 2.27. The van der Waals surface area contributed by atoms with Crippen molar-refractivity contribution in [3.8, 4) is 5.88 Å². The van der Waals surface area contributed by atoms with E-state index in [-0.39, 0.29) is 0 Å². The zero-order chi connectivity index (χ0) is 11.5. The van der Waals surface area contributed by atoms with Crippen molar-refractivity contribution in [1.29, 1.82) is 0 Å². The fourth-order valence-electron chi connectivity index (χ4n) is 2.10. The molecular formula is C13H20N2O. The van der Waals surface area contributed by atoms with Gasteiger partial charge in [0.1, 0.15) is 6.10 Å². The molecule has 0 bridgehead atoms. The third-order valence-electron chi connectivity index (χ3n) is 3.37. The van der Waals surface area contributed by atoms with Gasteiger partial charge < -0.3 is 10.5 Å². The number of ether oxygens (including phenoxy) is 1. The molecule has 0 saturated heterocycles. The van der Waals surface area contributed by atoms with Crippen LogP contribution in [0.15, 0.2) is 12.3 Å². The summed E-state index contributed by atoms with van der Waals surface area (Å²) in [5, 5.41) is 0. The highest BCUT2D eigenvalue weighted by Gasteiger charge is 2.19. The van der Waals surface area contributed by atoms with Crippen LogP contribution in [0.4, 0.5) is 5.69 Å². The van der Waals surface area contributed by atoms with E-state index in [4.69, 9.17) is 10.5 Å². The summed E-state index contributed by atoms with van der Waals surface area (Å²) < 4.78 is 5.85. The molecule has 3 heteroatoms. The molecule has 0 aliphatic heterocycles. The van der Waals surface area contributed by atoms with E-state index in [1.165, 1.54) is 12.8 Å². The summed E-state index contributed by atoms with van der Waals surface area (Å²) in [6, 6.07) is 1.83. The minimum atomic E-state index is 0.325. The first-order chi connectivity index (χ1) is 7.65. The van der Waals surface area contributed by atoms with Gasteiger partial charge in [0.05, 0.1) is 0 Å². The molecule has 1 aliphatic rings. The van der Waals surface area contributed by atoms with Crippen molar-refractivity contribution in [1.82, 2.24) is 4.98 Å². The molecule has 2 N–H and O–H groups in total. The van der Waals surface area contributed by atoms with Crippen LogP contribution in [-0.2, 0) is 0 Å². The third kappa shape index (κ3) is 2.65. The van der Waals surface area contributed by atoms with Gasteiger partial charge in [0.25, 0.3) is 0 Å². The quantitative estimate of drug-likeness (QED) is 0.833. The summed E-state index contributed by atoms with van der Waals surface area (Å²) in [5.74, 6) is 1.51. The van der Waals surface area contributed by atoms with Crippen LogP contribution in [0.1, 0.15) is 38.2 Å². The molecule has 0 unspecified atom stereocenters. The Kier molecular flexibility index (Phi) is 3.32. The zero-order valence-corrected chi connectivity index (χ0v) is 10.1. The van der Waals surface area contributed by atoms with Gasteiger partial charge >= 0.3 is 0 Å². The first kappa shape index (κ1) is 11.2. The maximum absolute atomic E-state index is 5.85. The maximum atomic E-state index is 5.85. The summed E-state index contributed by atoms with van der Waals surface area (Å²) in [5.41, 5.74) is 7.59. The summed E-state index contributed by atoms with van der Waals surface area (Å²) >= 11 is 0. The van der Waals surface area contributed by atoms with Crippen LogP contribution >= 0.6 is 0 Å². The van der Waals surface area contributed by atoms with Crippen LogP contribution in [-0.4, -0.2) is 11.1 Å². The Bertz CT molecular complexity index is 357. The van der Waals surface area contributed by atoms with Gasteiger partial charge in [0.2, 0.25) is 5.88 Å². The van der Waals surface area contributed by atoms with Crippen molar-refractivity contribution < 1.29 is 4.74 Å². The summed E-state index contributed by atoms with van der Waals surface area (Å²) in [4.78, 5) is 4.25. The van der Waals surface area contributed by atoms with Gasteiger partial charge in [-0.25, -0.2) is 4.98 Å². The minimum Gasteiger partial charge on any atom is -0.474 e. The smallest absolute Gasteiger partial charge is 0.215 e. The fraction of sp³-hybridized carbons (Fsp3) is 0.615. The van der Waals surface area contributed by atoms with Crippen LogP contribution in [0.2, 0.25) is 0 Å². The molecule has 1 aromatic heterocycles. The molecule has 0 radical (unpaired) electrons. The number of hydrogen-bond acceptors (Lipinski definition) is 3. The molecule has 2 rings (SSSR count). The van der Waals surface area contributed by atoms with E-state index in [2.05, 4.69) is 11.9 Å². The molecule has 1 aliphatic carbocycles. The highest BCUT2D eigenvalue weighted by molar-refractivity contribution is 5.47. The normalized spacial score (nSPS) is 25.4. The largest absolute Gasteiger partial charge is 0.474 e. The monoisotopic (exact) mass is 220 g/mol. The first-order valence-electron chi connectivity index (χ1n) is 6.04. The van der Waals surface area contributed by atoms with E-state index in [9.17, 15) is 0 Å². The second kappa shape index (κ2) is 4.73. The lowest BCUT2D eigenvalue weighted by Gasteiger charge is -2.26. The number of nitrogens with zero attached hydrogens (tertiary/aromatic N) is 1. The van der Waals surface area contributed by atoms with Crippen molar-refractivity contribution in [3.05, 3.63) is 17.8 Å². The molecule has 1 aromatic rings. The van der Waals surface area contributed by atoms with E-state index in [0.717, 1.165) is 30.0 Å². The summed E-state index contributed by atoms with van der Waals surface area (Å²) in [6.07, 6.45) is 6.88. The van der Waals surface area contributed by atoms with Crippen molar-refractivity contribution >= 4 is 5.69 Å². The van der Waals surface area contributed by atoms with Gasteiger partial charge in [0, 0.05) is 18.0 Å². The minimum absolute atomic E-state index is 0.325. The van der Waals surface area contributed by atoms with Crippen LogP contribution in [0, 0.1) is 12.8 Å². The number of hydrogen-bond donors (Lipinski definition) is 1. The second-order valence-corrected chi connectivity index (χ2v) is 4.88. The number of anilines is 1. The van der Waals surface area contributed by atoms with Gasteiger partial charge in [-0.05, 0) is 44.1 Å². The summed E-state index contributed by atoms with van der Waals surface area (Å²) in [6.45, 7) is 4.26. The molecule has 3 nitrogen and oxygen atoms in total. The first-order valence-corrected chi connectivity index (χ1v) is 6.04. The molecular weight excluding hydrogens is 200 g/mol. The Morgan fingerprint density at radius 2 is 2.00 bits per heavy atom. The molecule has 16 heavy (non-hydrogen) atoms. The Labute approximate surface area is 97.0 Å². The van der Waals surface area contributed by atoms with Gasteiger partial charge in [-0.2, -0.15) is 0 Å². The topological polar surface area (TPSA) is 48.1 Å². The molecule has 0 aromatic carbocycles. The van der Waals surface area contributed by atoms with Crippen molar-refractivity contribution in [2.24, 2.45) is 5.92 Å². The number of rotatable bonds is 2. The van der Waals surface area contributed by atoms with Crippen LogP contribution in [0.25, 0.3) is 0 Å². The molecule has 0 spiro atoms. The number of pyridine rings is 1. The SMILES string of the molecule is Cc1cnc(OC2CCC(C)CC2)cc1N. The number of aryl methyl sites for hydroxylation is 1. The Morgan fingerprint density at radius 1 is 1.31 bits per heavy atom. The third-order valence-corrected chi connectivity index (χ3v) is 3.37. The Hall–Kier alpha value is -1.25. The number of nitrogen functional groups attached to an aromatic ring is 1. The number of nitrogens with two attached hydrogens (primary N) is 1. The average molecular weight is 220 g/mol. The van der Waals surface area contributed by atoms with Crippen molar-refractivity contribution in [2.75, 3.05) is 5.73 Å². The lowest BCUT2D eigenvalue weighted by atomic mass is 9.89. The van der Waals surface area contributed by atoms with E-state index in [0.29, 0.717) is 12.0 Å². The highest BCUT2D eigenvalue weighted by atomic mass is 16.5. The molecule has 0 amide bonds. The predicted octanol–water partition coefficient (Wildman–Crippen LogP) is 2.93. The Balaban J connectivity index is 1.96. The average Bonchev–Trinajstić information content (AvgIpc) is 2.27. The molecule has 1 fully saturated rings. The van der Waals surface area contributed by atoms with Crippen LogP contribution in [0.3, 0.4) is 0 Å². The van der Waals surface area contributed by atoms with Gasteiger partial charge in [-0.1, -0.05) is 6.92 Å². The molecule has 0 atom stereocenters. The van der Waals surface area contributed by atoms with Gasteiger partial charge in [-0.3, -0.25) is 0 Å². The van der Waals surface area contributed by atoms with E-state index in [1.807, 2.05) is 13.0 Å². The second-order valence-electron chi connectivity index (χ2n) is 4.88. The standard InChI is InChI=1S/C13H20N2O/c1-9-3-5-11(6-4-9)16-13-7-12(14)10(2)8-15-13/h7-9,11H,3-6H2,1-2H3,(H2,14,15). The Morgan fingerprint density at radius 3 is 2.62 bits per heavy atom. The van der Waals surface area contributed by atoms with Crippen molar-refractivity contribution in [2.45, 2.75) is 45.6 Å². The lowest BCUT2D eigenvalue weighted by Crippen LogP contribution is -2.23. The fourth-order valence-corrected chi connectivity index (χ4v) is 2.10. The molecule has 88 valence electrons. The molecule has 1 heterocycles. The van der Waals surface area contributed by atoms with Gasteiger partial charge in [-0.15, -0.1) is 0 Å². The maximum Gasteiger partial charge on any atom is 0.215 e. The van der Waals surface area contributed by atoms with Crippen LogP contribution in [0.5, 0.6) is 5.88 Å². The summed E-state index contributed by atoms with van der Waals surface area (Å²) in [7, 11) is 0. The van der Waals surface area contributed by atoms with E-state index >= 15 is 0 Å². The van der Waals surface area contributed by atoms with Crippen molar-refractivity contribution in [3.63, 3.8) is 0 Å². The lowest BCUT2D eigenvalue weighted by molar-refractivity contribution is 0.130. The number of aromatic nitrogens is 1. The van der Waals surface area contributed by atoms with Crippen LogP contribution < -0.4 is 10.5 Å². The van der Waals surface area contributed by atoms with E-state index < -0.39 is 0 Å². The zero-order valence-electron chi connectivity index (χ0n) is 10.1. The predicted molar refractivity (Wildman–Crippen MR) is 65.4 cm³/mol. The molecule has 1 saturated carbocycles. The van der Waals surface area contributed by atoms with Gasteiger partial charge in [0.15, 0.2) is 0 Å².